The third kappa shape index (κ3) is 4.48. The van der Waals surface area contributed by atoms with Crippen molar-refractivity contribution >= 4 is 28.3 Å². The molecule has 2 amide bonds. The highest BCUT2D eigenvalue weighted by atomic mass is 16.2. The second-order valence-corrected chi connectivity index (χ2v) is 6.80. The van der Waals surface area contributed by atoms with Gasteiger partial charge in [0.15, 0.2) is 0 Å². The van der Waals surface area contributed by atoms with Crippen LogP contribution in [0.15, 0.2) is 58.1 Å². The molecule has 8 heteroatoms. The summed E-state index contributed by atoms with van der Waals surface area (Å²) in [5.74, 6) is -0.431. The molecule has 0 aliphatic carbocycles. The molecule has 2 aromatic carbocycles. The molecule has 0 unspecified atom stereocenters. The van der Waals surface area contributed by atoms with Crippen molar-refractivity contribution in [1.29, 1.82) is 0 Å². The summed E-state index contributed by atoms with van der Waals surface area (Å²) in [6.07, 6.45) is -0.0115. The van der Waals surface area contributed by atoms with Crippen LogP contribution in [0.4, 0.5) is 5.69 Å². The number of carbonyl (C=O) groups is 2. The van der Waals surface area contributed by atoms with Crippen LogP contribution in [0.25, 0.3) is 10.8 Å². The monoisotopic (exact) mass is 408 g/mol. The fraction of sp³-hybridized carbons (Fsp3) is 0.273. The van der Waals surface area contributed by atoms with Gasteiger partial charge in [-0.3, -0.25) is 24.3 Å². The Bertz CT molecular complexity index is 1190. The van der Waals surface area contributed by atoms with E-state index in [2.05, 4.69) is 10.4 Å². The number of rotatable bonds is 7. The quantitative estimate of drug-likeness (QED) is 0.625. The van der Waals surface area contributed by atoms with Gasteiger partial charge in [-0.25, -0.2) is 4.68 Å². The summed E-state index contributed by atoms with van der Waals surface area (Å²) in [5, 5.41) is 5.87. The number of hydrogen-bond acceptors (Lipinski definition) is 4. The van der Waals surface area contributed by atoms with Gasteiger partial charge >= 0.3 is 0 Å². The molecule has 0 spiro atoms. The van der Waals surface area contributed by atoms with Gasteiger partial charge in [-0.05, 0) is 44.2 Å². The number of aromatic nitrogens is 2. The zero-order chi connectivity index (χ0) is 21.7. The van der Waals surface area contributed by atoms with Crippen LogP contribution >= 0.6 is 0 Å². The summed E-state index contributed by atoms with van der Waals surface area (Å²) in [7, 11) is 0. The summed E-state index contributed by atoms with van der Waals surface area (Å²) in [6.45, 7) is 5.05. The predicted molar refractivity (Wildman–Crippen MR) is 116 cm³/mol. The van der Waals surface area contributed by atoms with Crippen molar-refractivity contribution in [3.8, 4) is 0 Å². The third-order valence-corrected chi connectivity index (χ3v) is 4.89. The van der Waals surface area contributed by atoms with Crippen molar-refractivity contribution in [2.24, 2.45) is 0 Å². The molecule has 0 aliphatic heterocycles. The SMILES string of the molecule is CCN(CC)C(=O)c1cccc(NC(=O)CCn2[nH]c(=O)c3ccccc3c2=O)c1. The number of nitrogens with one attached hydrogen (secondary N) is 2. The molecule has 3 rings (SSSR count). The van der Waals surface area contributed by atoms with Crippen LogP contribution in [0, 0.1) is 0 Å². The van der Waals surface area contributed by atoms with E-state index >= 15 is 0 Å². The number of hydrogen-bond donors (Lipinski definition) is 2. The molecule has 2 N–H and O–H groups in total. The molecule has 0 saturated carbocycles. The van der Waals surface area contributed by atoms with Crippen LogP contribution in [0.5, 0.6) is 0 Å². The van der Waals surface area contributed by atoms with Gasteiger partial charge in [-0.1, -0.05) is 18.2 Å². The minimum atomic E-state index is -0.381. The Labute approximate surface area is 173 Å². The Morgan fingerprint density at radius 1 is 1.00 bits per heavy atom. The van der Waals surface area contributed by atoms with Crippen molar-refractivity contribution in [1.82, 2.24) is 14.7 Å². The van der Waals surface area contributed by atoms with Crippen LogP contribution in [0.2, 0.25) is 0 Å². The van der Waals surface area contributed by atoms with Gasteiger partial charge in [-0.15, -0.1) is 0 Å². The zero-order valence-electron chi connectivity index (χ0n) is 17.0. The Morgan fingerprint density at radius 3 is 2.40 bits per heavy atom. The number of benzene rings is 2. The zero-order valence-corrected chi connectivity index (χ0v) is 17.0. The van der Waals surface area contributed by atoms with Crippen molar-refractivity contribution in [2.75, 3.05) is 18.4 Å². The number of amides is 2. The lowest BCUT2D eigenvalue weighted by Gasteiger charge is -2.19. The maximum absolute atomic E-state index is 12.5. The van der Waals surface area contributed by atoms with Gasteiger partial charge in [0.1, 0.15) is 0 Å². The van der Waals surface area contributed by atoms with Crippen LogP contribution < -0.4 is 16.4 Å². The molecule has 0 radical (unpaired) electrons. The fourth-order valence-corrected chi connectivity index (χ4v) is 3.26. The summed E-state index contributed by atoms with van der Waals surface area (Å²) < 4.78 is 1.14. The molecule has 1 aromatic heterocycles. The van der Waals surface area contributed by atoms with Gasteiger partial charge in [-0.2, -0.15) is 0 Å². The summed E-state index contributed by atoms with van der Waals surface area (Å²) in [6, 6.07) is 13.3. The molecule has 0 bridgehead atoms. The Kier molecular flexibility index (Phi) is 6.46. The van der Waals surface area contributed by atoms with Gasteiger partial charge in [0.25, 0.3) is 17.0 Å². The number of H-pyrrole nitrogens is 1. The predicted octanol–water partition coefficient (Wildman–Crippen LogP) is 2.20. The first-order valence-electron chi connectivity index (χ1n) is 9.85. The third-order valence-electron chi connectivity index (χ3n) is 4.89. The average Bonchev–Trinajstić information content (AvgIpc) is 2.76. The van der Waals surface area contributed by atoms with Crippen molar-refractivity contribution in [3.05, 3.63) is 74.8 Å². The smallest absolute Gasteiger partial charge is 0.273 e. The van der Waals surface area contributed by atoms with E-state index in [1.165, 1.54) is 0 Å². The number of nitrogens with zero attached hydrogens (tertiary/aromatic N) is 2. The summed E-state index contributed by atoms with van der Waals surface area (Å²) in [5.41, 5.74) is 0.252. The topological polar surface area (TPSA) is 104 Å². The maximum atomic E-state index is 12.5. The number of anilines is 1. The van der Waals surface area contributed by atoms with E-state index in [1.54, 1.807) is 53.4 Å². The van der Waals surface area contributed by atoms with E-state index in [1.807, 2.05) is 13.8 Å². The first kappa shape index (κ1) is 21.0. The molecule has 0 atom stereocenters. The highest BCUT2D eigenvalue weighted by molar-refractivity contribution is 5.97. The van der Waals surface area contributed by atoms with Gasteiger partial charge in [0.05, 0.1) is 17.3 Å². The standard InChI is InChI=1S/C22H24N4O4/c1-3-25(4-2)21(29)15-8-7-9-16(14-15)23-19(27)12-13-26-22(30)18-11-6-5-10-17(18)20(28)24-26/h5-11,14H,3-4,12-13H2,1-2H3,(H,23,27)(H,24,28). The average molecular weight is 408 g/mol. The largest absolute Gasteiger partial charge is 0.339 e. The van der Waals surface area contributed by atoms with Gasteiger partial charge in [0.2, 0.25) is 5.91 Å². The normalized spacial score (nSPS) is 10.7. The van der Waals surface area contributed by atoms with Crippen molar-refractivity contribution < 1.29 is 9.59 Å². The van der Waals surface area contributed by atoms with E-state index in [0.29, 0.717) is 35.1 Å². The Hall–Kier alpha value is -3.68. The highest BCUT2D eigenvalue weighted by Gasteiger charge is 2.14. The number of fused-ring (bicyclic) bond motifs is 1. The minimum absolute atomic E-state index is 0.0115. The molecule has 3 aromatic rings. The lowest BCUT2D eigenvalue weighted by Crippen LogP contribution is -2.31. The second-order valence-electron chi connectivity index (χ2n) is 6.80. The molecule has 0 fully saturated rings. The van der Waals surface area contributed by atoms with Gasteiger partial charge < -0.3 is 10.2 Å². The van der Waals surface area contributed by atoms with Crippen LogP contribution in [0.1, 0.15) is 30.6 Å². The van der Waals surface area contributed by atoms with Crippen LogP contribution in [-0.4, -0.2) is 39.6 Å². The van der Waals surface area contributed by atoms with Crippen LogP contribution in [0.3, 0.4) is 0 Å². The molecule has 1 heterocycles. The van der Waals surface area contributed by atoms with E-state index in [0.717, 1.165) is 4.68 Å². The van der Waals surface area contributed by atoms with E-state index in [4.69, 9.17) is 0 Å². The minimum Gasteiger partial charge on any atom is -0.339 e. The molecular formula is C22H24N4O4. The number of carbonyl (C=O) groups excluding carboxylic acids is 2. The summed E-state index contributed by atoms with van der Waals surface area (Å²) >= 11 is 0. The highest BCUT2D eigenvalue weighted by Crippen LogP contribution is 2.13. The van der Waals surface area contributed by atoms with E-state index in [9.17, 15) is 19.2 Å². The Morgan fingerprint density at radius 2 is 1.70 bits per heavy atom. The second kappa shape index (κ2) is 9.21. The summed E-state index contributed by atoms with van der Waals surface area (Å²) in [4.78, 5) is 51.2. The molecule has 8 nitrogen and oxygen atoms in total. The first-order valence-corrected chi connectivity index (χ1v) is 9.85. The molecule has 0 saturated heterocycles. The van der Waals surface area contributed by atoms with Crippen LogP contribution in [-0.2, 0) is 11.3 Å². The van der Waals surface area contributed by atoms with Crippen molar-refractivity contribution in [2.45, 2.75) is 26.8 Å². The van der Waals surface area contributed by atoms with E-state index in [-0.39, 0.29) is 35.9 Å². The molecule has 0 aliphatic rings. The number of aryl methyl sites for hydroxylation is 1. The molecule has 156 valence electrons. The molecule has 30 heavy (non-hydrogen) atoms. The molecular weight excluding hydrogens is 384 g/mol. The lowest BCUT2D eigenvalue weighted by atomic mass is 10.1. The van der Waals surface area contributed by atoms with Gasteiger partial charge in [0, 0.05) is 30.8 Å². The fourth-order valence-electron chi connectivity index (χ4n) is 3.26. The first-order chi connectivity index (χ1) is 14.4. The maximum Gasteiger partial charge on any atom is 0.273 e. The number of aromatic amines is 1. The lowest BCUT2D eigenvalue weighted by molar-refractivity contribution is -0.116. The van der Waals surface area contributed by atoms with Crippen molar-refractivity contribution in [3.63, 3.8) is 0 Å². The van der Waals surface area contributed by atoms with E-state index < -0.39 is 0 Å². The Balaban J connectivity index is 1.70.